The molecule has 3 rings (SSSR count). The largest absolute Gasteiger partial charge is 0.368 e. The van der Waals surface area contributed by atoms with E-state index < -0.39 is 0 Å². The summed E-state index contributed by atoms with van der Waals surface area (Å²) in [5.74, 6) is 0.824. The van der Waals surface area contributed by atoms with Crippen LogP contribution in [0, 0.1) is 0 Å². The number of anilines is 2. The molecule has 21 heavy (non-hydrogen) atoms. The summed E-state index contributed by atoms with van der Waals surface area (Å²) in [6, 6.07) is 10.5. The van der Waals surface area contributed by atoms with Gasteiger partial charge in [0, 0.05) is 50.3 Å². The number of hydrogen-bond donors (Lipinski definition) is 1. The highest BCUT2D eigenvalue weighted by Gasteiger charge is 2.18. The molecule has 5 heteroatoms. The van der Waals surface area contributed by atoms with Crippen molar-refractivity contribution in [2.75, 3.05) is 36.0 Å². The summed E-state index contributed by atoms with van der Waals surface area (Å²) in [5, 5.41) is 0. The zero-order valence-corrected chi connectivity index (χ0v) is 12.3. The number of hydrogen-bond acceptors (Lipinski definition) is 5. The lowest BCUT2D eigenvalue weighted by atomic mass is 10.1. The van der Waals surface area contributed by atoms with Gasteiger partial charge in [-0.3, -0.25) is 0 Å². The minimum atomic E-state index is 0.0890. The summed E-state index contributed by atoms with van der Waals surface area (Å²) in [4.78, 5) is 13.2. The smallest absolute Gasteiger partial charge is 0.225 e. The molecule has 0 bridgehead atoms. The van der Waals surface area contributed by atoms with E-state index >= 15 is 0 Å². The molecule has 0 amide bonds. The highest BCUT2D eigenvalue weighted by atomic mass is 15.3. The lowest BCUT2D eigenvalue weighted by Crippen LogP contribution is -2.47. The quantitative estimate of drug-likeness (QED) is 0.931. The van der Waals surface area contributed by atoms with Crippen LogP contribution in [0.25, 0.3) is 0 Å². The van der Waals surface area contributed by atoms with Crippen LogP contribution in [0.5, 0.6) is 0 Å². The summed E-state index contributed by atoms with van der Waals surface area (Å²) in [6.45, 7) is 5.86. The molecule has 0 unspecified atom stereocenters. The number of aromatic nitrogens is 2. The average Bonchev–Trinajstić information content (AvgIpc) is 2.56. The van der Waals surface area contributed by atoms with Crippen molar-refractivity contribution in [3.63, 3.8) is 0 Å². The van der Waals surface area contributed by atoms with Crippen molar-refractivity contribution < 1.29 is 0 Å². The fourth-order valence-electron chi connectivity index (χ4n) is 2.61. The van der Waals surface area contributed by atoms with Gasteiger partial charge in [0.1, 0.15) is 0 Å². The van der Waals surface area contributed by atoms with E-state index in [1.165, 1.54) is 11.3 Å². The highest BCUT2D eigenvalue weighted by Crippen LogP contribution is 2.20. The molecule has 1 aromatic heterocycles. The first-order valence-electron chi connectivity index (χ1n) is 7.36. The molecule has 1 saturated heterocycles. The van der Waals surface area contributed by atoms with E-state index in [4.69, 9.17) is 5.73 Å². The molecular weight excluding hydrogens is 262 g/mol. The third-order valence-corrected chi connectivity index (χ3v) is 3.90. The molecule has 5 nitrogen and oxygen atoms in total. The Morgan fingerprint density at radius 2 is 1.52 bits per heavy atom. The molecule has 1 fully saturated rings. The lowest BCUT2D eigenvalue weighted by Gasteiger charge is -2.36. The Bertz CT molecular complexity index is 559. The molecule has 0 aliphatic carbocycles. The second kappa shape index (κ2) is 6.10. The number of nitrogens with zero attached hydrogens (tertiary/aromatic N) is 4. The molecule has 1 aliphatic heterocycles. The van der Waals surface area contributed by atoms with Gasteiger partial charge < -0.3 is 15.5 Å². The Morgan fingerprint density at radius 1 is 0.952 bits per heavy atom. The van der Waals surface area contributed by atoms with E-state index in [0.29, 0.717) is 0 Å². The minimum Gasteiger partial charge on any atom is -0.368 e. The van der Waals surface area contributed by atoms with Gasteiger partial charge in [0.15, 0.2) is 0 Å². The Morgan fingerprint density at radius 3 is 2.10 bits per heavy atom. The average molecular weight is 283 g/mol. The summed E-state index contributed by atoms with van der Waals surface area (Å²) in [6.07, 6.45) is 3.59. The molecule has 1 aliphatic rings. The summed E-state index contributed by atoms with van der Waals surface area (Å²) in [7, 11) is 0. The van der Waals surface area contributed by atoms with Gasteiger partial charge in [0.2, 0.25) is 5.95 Å². The van der Waals surface area contributed by atoms with E-state index in [-0.39, 0.29) is 6.04 Å². The number of piperazine rings is 1. The van der Waals surface area contributed by atoms with Gasteiger partial charge in [-0.25, -0.2) is 9.97 Å². The molecule has 1 atom stereocenters. The third-order valence-electron chi connectivity index (χ3n) is 3.90. The van der Waals surface area contributed by atoms with Gasteiger partial charge >= 0.3 is 0 Å². The van der Waals surface area contributed by atoms with Crippen molar-refractivity contribution >= 4 is 11.6 Å². The number of rotatable bonds is 3. The maximum atomic E-state index is 5.89. The number of benzene rings is 1. The van der Waals surface area contributed by atoms with Crippen LogP contribution in [0.15, 0.2) is 42.7 Å². The summed E-state index contributed by atoms with van der Waals surface area (Å²) < 4.78 is 0. The van der Waals surface area contributed by atoms with Gasteiger partial charge in [0.25, 0.3) is 0 Å². The standard InChI is InChI=1S/C16H21N5/c1-13(17)14-3-5-15(6-4-14)20-9-11-21(12-10-20)16-18-7-2-8-19-16/h2-8,13H,9-12,17H2,1H3/t13-/m0/s1. The van der Waals surface area contributed by atoms with E-state index in [9.17, 15) is 0 Å². The van der Waals surface area contributed by atoms with Gasteiger partial charge in [0.05, 0.1) is 0 Å². The molecule has 2 heterocycles. The van der Waals surface area contributed by atoms with E-state index in [1.807, 2.05) is 13.0 Å². The third kappa shape index (κ3) is 3.13. The SMILES string of the molecule is C[C@H](N)c1ccc(N2CCN(c3ncccn3)CC2)cc1. The fraction of sp³-hybridized carbons (Fsp3) is 0.375. The van der Waals surface area contributed by atoms with Crippen LogP contribution in [0.3, 0.4) is 0 Å². The van der Waals surface area contributed by atoms with Crippen molar-refractivity contribution in [3.05, 3.63) is 48.3 Å². The van der Waals surface area contributed by atoms with Crippen LogP contribution in [-0.2, 0) is 0 Å². The molecule has 2 aromatic rings. The minimum absolute atomic E-state index is 0.0890. The van der Waals surface area contributed by atoms with Crippen LogP contribution in [0.2, 0.25) is 0 Å². The van der Waals surface area contributed by atoms with Crippen LogP contribution < -0.4 is 15.5 Å². The molecule has 1 aromatic carbocycles. The molecule has 110 valence electrons. The first kappa shape index (κ1) is 13.8. The topological polar surface area (TPSA) is 58.3 Å². The van der Waals surface area contributed by atoms with Crippen LogP contribution >= 0.6 is 0 Å². The molecule has 0 saturated carbocycles. The van der Waals surface area contributed by atoms with Gasteiger partial charge in [-0.2, -0.15) is 0 Å². The van der Waals surface area contributed by atoms with Crippen molar-refractivity contribution in [2.45, 2.75) is 13.0 Å². The molecule has 0 radical (unpaired) electrons. The Hall–Kier alpha value is -2.14. The Balaban J connectivity index is 1.63. The van der Waals surface area contributed by atoms with Crippen molar-refractivity contribution in [1.29, 1.82) is 0 Å². The van der Waals surface area contributed by atoms with Crippen LogP contribution in [-0.4, -0.2) is 36.1 Å². The molecular formula is C16H21N5. The van der Waals surface area contributed by atoms with E-state index in [0.717, 1.165) is 32.1 Å². The van der Waals surface area contributed by atoms with Gasteiger partial charge in [-0.15, -0.1) is 0 Å². The fourth-order valence-corrected chi connectivity index (χ4v) is 2.61. The molecule has 0 spiro atoms. The van der Waals surface area contributed by atoms with E-state index in [2.05, 4.69) is 44.0 Å². The van der Waals surface area contributed by atoms with E-state index in [1.54, 1.807) is 12.4 Å². The monoisotopic (exact) mass is 283 g/mol. The second-order valence-corrected chi connectivity index (χ2v) is 5.40. The van der Waals surface area contributed by atoms with Crippen molar-refractivity contribution in [1.82, 2.24) is 9.97 Å². The summed E-state index contributed by atoms with van der Waals surface area (Å²) >= 11 is 0. The first-order chi connectivity index (χ1) is 10.2. The Labute approximate surface area is 125 Å². The van der Waals surface area contributed by atoms with Crippen molar-refractivity contribution in [2.24, 2.45) is 5.73 Å². The lowest BCUT2D eigenvalue weighted by molar-refractivity contribution is 0.640. The normalized spacial score (nSPS) is 16.9. The maximum Gasteiger partial charge on any atom is 0.225 e. The predicted molar refractivity (Wildman–Crippen MR) is 85.5 cm³/mol. The zero-order valence-electron chi connectivity index (χ0n) is 12.3. The Kier molecular flexibility index (Phi) is 4.01. The first-order valence-corrected chi connectivity index (χ1v) is 7.36. The number of nitrogens with two attached hydrogens (primary N) is 1. The van der Waals surface area contributed by atoms with Gasteiger partial charge in [-0.1, -0.05) is 12.1 Å². The highest BCUT2D eigenvalue weighted by molar-refractivity contribution is 5.49. The predicted octanol–water partition coefficient (Wildman–Crippen LogP) is 1.82. The van der Waals surface area contributed by atoms with Gasteiger partial charge in [-0.05, 0) is 30.7 Å². The second-order valence-electron chi connectivity index (χ2n) is 5.40. The zero-order chi connectivity index (χ0) is 14.7. The van der Waals surface area contributed by atoms with Crippen LogP contribution in [0.4, 0.5) is 11.6 Å². The van der Waals surface area contributed by atoms with Crippen LogP contribution in [0.1, 0.15) is 18.5 Å². The summed E-state index contributed by atoms with van der Waals surface area (Å²) in [5.41, 5.74) is 8.32. The maximum absolute atomic E-state index is 5.89. The van der Waals surface area contributed by atoms with Crippen molar-refractivity contribution in [3.8, 4) is 0 Å². The molecule has 2 N–H and O–H groups in total.